The third-order valence-corrected chi connectivity index (χ3v) is 3.66. The van der Waals surface area contributed by atoms with Crippen LogP contribution < -0.4 is 5.32 Å². The summed E-state index contributed by atoms with van der Waals surface area (Å²) in [6.07, 6.45) is -4.36. The molecular weight excluding hydrogens is 305 g/mol. The van der Waals surface area contributed by atoms with Gasteiger partial charge in [0.15, 0.2) is 0 Å². The number of benzene rings is 1. The van der Waals surface area contributed by atoms with Crippen molar-refractivity contribution in [2.45, 2.75) is 19.3 Å². The third kappa shape index (κ3) is 4.27. The number of nitro groups is 1. The normalized spacial score (nSPS) is 11.6. The van der Waals surface area contributed by atoms with Crippen LogP contribution in [-0.4, -0.2) is 4.92 Å². The van der Waals surface area contributed by atoms with Gasteiger partial charge in [-0.2, -0.15) is 13.2 Å². The lowest BCUT2D eigenvalue weighted by atomic mass is 10.1. The summed E-state index contributed by atoms with van der Waals surface area (Å²) in [4.78, 5) is 10.1. The summed E-state index contributed by atoms with van der Waals surface area (Å²) in [5.41, 5.74) is 0.557. The van der Waals surface area contributed by atoms with Gasteiger partial charge in [0.25, 0.3) is 0 Å². The molecule has 112 valence electrons. The van der Waals surface area contributed by atoms with Gasteiger partial charge in [0, 0.05) is 24.5 Å². The van der Waals surface area contributed by atoms with Gasteiger partial charge in [-0.15, -0.1) is 0 Å². The Balaban J connectivity index is 1.92. The van der Waals surface area contributed by atoms with Crippen molar-refractivity contribution < 1.29 is 18.1 Å². The summed E-state index contributed by atoms with van der Waals surface area (Å²) in [7, 11) is 0. The Morgan fingerprint density at radius 3 is 2.52 bits per heavy atom. The van der Waals surface area contributed by atoms with Crippen LogP contribution >= 0.6 is 11.3 Å². The van der Waals surface area contributed by atoms with E-state index >= 15 is 0 Å². The molecule has 2 aromatic rings. The number of nitrogens with zero attached hydrogens (tertiary/aromatic N) is 1. The Kier molecular flexibility index (Phi) is 4.59. The molecule has 0 fully saturated rings. The first kappa shape index (κ1) is 15.5. The van der Waals surface area contributed by atoms with Crippen LogP contribution in [0.4, 0.5) is 18.2 Å². The van der Waals surface area contributed by atoms with E-state index < -0.39 is 16.7 Å². The second-order valence-corrected chi connectivity index (χ2v) is 5.24. The molecule has 0 radical (unpaired) electrons. The van der Waals surface area contributed by atoms with E-state index in [1.165, 1.54) is 12.1 Å². The minimum Gasteiger partial charge on any atom is -0.309 e. The maximum Gasteiger partial charge on any atom is 0.416 e. The van der Waals surface area contributed by atoms with E-state index in [9.17, 15) is 23.3 Å². The predicted octanol–water partition coefficient (Wildman–Crippen LogP) is 3.96. The highest BCUT2D eigenvalue weighted by Crippen LogP contribution is 2.29. The van der Waals surface area contributed by atoms with Crippen molar-refractivity contribution in [1.29, 1.82) is 0 Å². The monoisotopic (exact) mass is 316 g/mol. The Morgan fingerprint density at radius 2 is 1.90 bits per heavy atom. The summed E-state index contributed by atoms with van der Waals surface area (Å²) in [6.45, 7) is 0.619. The molecule has 0 aliphatic carbocycles. The van der Waals surface area contributed by atoms with Crippen LogP contribution in [0.3, 0.4) is 0 Å². The van der Waals surface area contributed by atoms with E-state index in [4.69, 9.17) is 0 Å². The molecule has 1 heterocycles. The molecule has 21 heavy (non-hydrogen) atoms. The Bertz CT molecular complexity index is 640. The first-order valence-corrected chi connectivity index (χ1v) is 6.83. The molecule has 0 spiro atoms. The Labute approximate surface area is 122 Å². The molecule has 0 amide bonds. The van der Waals surface area contributed by atoms with Crippen molar-refractivity contribution in [3.05, 3.63) is 62.5 Å². The van der Waals surface area contributed by atoms with E-state index in [0.29, 0.717) is 12.1 Å². The quantitative estimate of drug-likeness (QED) is 0.671. The highest BCUT2D eigenvalue weighted by molar-refractivity contribution is 7.13. The summed E-state index contributed by atoms with van der Waals surface area (Å²) in [5.74, 6) is 0. The smallest absolute Gasteiger partial charge is 0.309 e. The largest absolute Gasteiger partial charge is 0.416 e. The van der Waals surface area contributed by atoms with Crippen LogP contribution in [0.15, 0.2) is 35.7 Å². The zero-order chi connectivity index (χ0) is 15.5. The molecule has 0 saturated heterocycles. The topological polar surface area (TPSA) is 55.2 Å². The van der Waals surface area contributed by atoms with Crippen molar-refractivity contribution in [3.8, 4) is 0 Å². The maximum absolute atomic E-state index is 12.6. The highest BCUT2D eigenvalue weighted by atomic mass is 32.1. The number of halogens is 3. The number of alkyl halides is 3. The van der Waals surface area contributed by atoms with Gasteiger partial charge >= 0.3 is 11.2 Å². The number of hydrogen-bond acceptors (Lipinski definition) is 4. The van der Waals surface area contributed by atoms with Crippen LogP contribution in [0, 0.1) is 10.1 Å². The summed E-state index contributed by atoms with van der Waals surface area (Å²) in [5, 5.41) is 15.2. The molecule has 0 saturated carbocycles. The van der Waals surface area contributed by atoms with Gasteiger partial charge in [0.05, 0.1) is 10.5 Å². The SMILES string of the molecule is O=[N+]([O-])c1cc(CNCc2cccc(C(F)(F)F)c2)cs1. The maximum atomic E-state index is 12.6. The minimum atomic E-state index is -4.36. The number of thiophene rings is 1. The second kappa shape index (κ2) is 6.23. The standard InChI is InChI=1S/C13H11F3N2O2S/c14-13(15,16)11-3-1-2-9(4-11)6-17-7-10-5-12(18(19)20)21-8-10/h1-5,8,17H,6-7H2. The molecule has 0 aliphatic rings. The number of rotatable bonds is 5. The molecule has 2 rings (SSSR count). The van der Waals surface area contributed by atoms with Crippen LogP contribution in [0.25, 0.3) is 0 Å². The lowest BCUT2D eigenvalue weighted by Crippen LogP contribution is -2.13. The fraction of sp³-hybridized carbons (Fsp3) is 0.231. The average molecular weight is 316 g/mol. The second-order valence-electron chi connectivity index (χ2n) is 4.35. The van der Waals surface area contributed by atoms with Gasteiger partial charge in [0.2, 0.25) is 0 Å². The average Bonchev–Trinajstić information content (AvgIpc) is 2.87. The zero-order valence-corrected chi connectivity index (χ0v) is 11.5. The van der Waals surface area contributed by atoms with Crippen LogP contribution in [0.1, 0.15) is 16.7 Å². The van der Waals surface area contributed by atoms with E-state index in [0.717, 1.165) is 29.0 Å². The van der Waals surface area contributed by atoms with E-state index in [-0.39, 0.29) is 11.5 Å². The van der Waals surface area contributed by atoms with Gasteiger partial charge in [0.1, 0.15) is 0 Å². The zero-order valence-electron chi connectivity index (χ0n) is 10.7. The fourth-order valence-corrected chi connectivity index (χ4v) is 2.49. The van der Waals surface area contributed by atoms with Gasteiger partial charge < -0.3 is 5.32 Å². The van der Waals surface area contributed by atoms with Gasteiger partial charge in [-0.3, -0.25) is 10.1 Å². The van der Waals surface area contributed by atoms with E-state index in [1.807, 2.05) is 0 Å². The Morgan fingerprint density at radius 1 is 1.19 bits per heavy atom. The van der Waals surface area contributed by atoms with Crippen molar-refractivity contribution in [1.82, 2.24) is 5.32 Å². The van der Waals surface area contributed by atoms with E-state index in [2.05, 4.69) is 5.32 Å². The molecule has 0 aliphatic heterocycles. The molecule has 1 N–H and O–H groups in total. The van der Waals surface area contributed by atoms with Crippen molar-refractivity contribution in [2.75, 3.05) is 0 Å². The predicted molar refractivity (Wildman–Crippen MR) is 73.0 cm³/mol. The van der Waals surface area contributed by atoms with Gasteiger partial charge in [-0.05, 0) is 17.2 Å². The summed E-state index contributed by atoms with van der Waals surface area (Å²) >= 11 is 1.02. The molecule has 1 aromatic carbocycles. The molecule has 0 atom stereocenters. The molecule has 0 unspecified atom stereocenters. The summed E-state index contributed by atoms with van der Waals surface area (Å²) in [6, 6.07) is 6.51. The molecular formula is C13H11F3N2O2S. The lowest BCUT2D eigenvalue weighted by Gasteiger charge is -2.09. The lowest BCUT2D eigenvalue weighted by molar-refractivity contribution is -0.380. The van der Waals surface area contributed by atoms with Crippen molar-refractivity contribution >= 4 is 16.3 Å². The van der Waals surface area contributed by atoms with E-state index in [1.54, 1.807) is 11.4 Å². The van der Waals surface area contributed by atoms with Crippen LogP contribution in [0.5, 0.6) is 0 Å². The number of nitrogens with one attached hydrogen (secondary N) is 1. The molecule has 8 heteroatoms. The molecule has 4 nitrogen and oxygen atoms in total. The first-order chi connectivity index (χ1) is 9.86. The number of hydrogen-bond donors (Lipinski definition) is 1. The first-order valence-electron chi connectivity index (χ1n) is 5.95. The Hall–Kier alpha value is -1.93. The van der Waals surface area contributed by atoms with Gasteiger partial charge in [-0.1, -0.05) is 29.5 Å². The third-order valence-electron chi connectivity index (χ3n) is 2.73. The van der Waals surface area contributed by atoms with Crippen molar-refractivity contribution in [3.63, 3.8) is 0 Å². The van der Waals surface area contributed by atoms with Gasteiger partial charge in [-0.25, -0.2) is 0 Å². The minimum absolute atomic E-state index is 0.0471. The van der Waals surface area contributed by atoms with Crippen LogP contribution in [0.2, 0.25) is 0 Å². The highest BCUT2D eigenvalue weighted by Gasteiger charge is 2.30. The molecule has 0 bridgehead atoms. The summed E-state index contributed by atoms with van der Waals surface area (Å²) < 4.78 is 37.7. The van der Waals surface area contributed by atoms with Crippen molar-refractivity contribution in [2.24, 2.45) is 0 Å². The van der Waals surface area contributed by atoms with Crippen LogP contribution in [-0.2, 0) is 19.3 Å². The fourth-order valence-electron chi connectivity index (χ4n) is 1.76. The molecule has 1 aromatic heterocycles.